The van der Waals surface area contributed by atoms with Crippen LogP contribution in [0.5, 0.6) is 0 Å². The molecule has 4 heterocycles. The monoisotopic (exact) mass is 384 g/mol. The molecule has 0 bridgehead atoms. The minimum Gasteiger partial charge on any atom is -0.368 e. The van der Waals surface area contributed by atoms with Gasteiger partial charge in [0.2, 0.25) is 17.6 Å². The van der Waals surface area contributed by atoms with Crippen LogP contribution in [0.1, 0.15) is 49.4 Å². The van der Waals surface area contributed by atoms with Crippen molar-refractivity contribution >= 4 is 5.91 Å². The van der Waals surface area contributed by atoms with E-state index in [1.807, 2.05) is 12.1 Å². The zero-order valence-electron chi connectivity index (χ0n) is 15.2. The number of carbonyl (C=O) groups is 1. The van der Waals surface area contributed by atoms with E-state index < -0.39 is 0 Å². The van der Waals surface area contributed by atoms with Crippen LogP contribution in [-0.4, -0.2) is 37.8 Å². The van der Waals surface area contributed by atoms with Crippen molar-refractivity contribution in [3.63, 3.8) is 0 Å². The first-order chi connectivity index (χ1) is 13.8. The first-order valence-corrected chi connectivity index (χ1v) is 9.22. The SMILES string of the molecule is O=C(CCCc1nc(-c2cccnc2)no1)NCc1noc([C@H]2CCCO2)n1. The van der Waals surface area contributed by atoms with Crippen LogP contribution >= 0.6 is 0 Å². The second-order valence-corrected chi connectivity index (χ2v) is 6.43. The highest BCUT2D eigenvalue weighted by atomic mass is 16.5. The Kier molecular flexibility index (Phi) is 5.66. The van der Waals surface area contributed by atoms with Crippen molar-refractivity contribution in [3.05, 3.63) is 42.1 Å². The van der Waals surface area contributed by atoms with Gasteiger partial charge in [0.15, 0.2) is 5.82 Å². The summed E-state index contributed by atoms with van der Waals surface area (Å²) in [5.41, 5.74) is 0.790. The van der Waals surface area contributed by atoms with Crippen molar-refractivity contribution in [1.82, 2.24) is 30.6 Å². The van der Waals surface area contributed by atoms with Crippen LogP contribution < -0.4 is 5.32 Å². The summed E-state index contributed by atoms with van der Waals surface area (Å²) in [4.78, 5) is 24.6. The van der Waals surface area contributed by atoms with E-state index in [0.29, 0.717) is 49.3 Å². The van der Waals surface area contributed by atoms with Gasteiger partial charge in [-0.3, -0.25) is 9.78 Å². The predicted molar refractivity (Wildman–Crippen MR) is 94.5 cm³/mol. The molecule has 1 aliphatic heterocycles. The summed E-state index contributed by atoms with van der Waals surface area (Å²) in [5, 5.41) is 10.6. The molecular weight excluding hydrogens is 364 g/mol. The highest BCUT2D eigenvalue weighted by molar-refractivity contribution is 5.75. The molecule has 0 aliphatic carbocycles. The smallest absolute Gasteiger partial charge is 0.255 e. The number of aromatic nitrogens is 5. The topological polar surface area (TPSA) is 129 Å². The summed E-state index contributed by atoms with van der Waals surface area (Å²) in [6.07, 6.45) is 6.55. The van der Waals surface area contributed by atoms with E-state index >= 15 is 0 Å². The van der Waals surface area contributed by atoms with Gasteiger partial charge in [0.1, 0.15) is 6.10 Å². The lowest BCUT2D eigenvalue weighted by molar-refractivity contribution is -0.121. The molecule has 0 unspecified atom stereocenters. The number of amides is 1. The predicted octanol–water partition coefficient (Wildman–Crippen LogP) is 2.01. The maximum absolute atomic E-state index is 12.0. The van der Waals surface area contributed by atoms with E-state index in [1.54, 1.807) is 12.4 Å². The Hall–Kier alpha value is -3.14. The van der Waals surface area contributed by atoms with Crippen molar-refractivity contribution in [2.45, 2.75) is 44.8 Å². The second-order valence-electron chi connectivity index (χ2n) is 6.43. The van der Waals surface area contributed by atoms with Crippen LogP contribution in [0.3, 0.4) is 0 Å². The molecule has 0 saturated carbocycles. The molecule has 0 radical (unpaired) electrons. The number of nitrogens with one attached hydrogen (secondary N) is 1. The molecular formula is C18H20N6O4. The van der Waals surface area contributed by atoms with Gasteiger partial charge in [-0.2, -0.15) is 9.97 Å². The minimum absolute atomic E-state index is 0.101. The molecule has 1 amide bonds. The molecule has 10 nitrogen and oxygen atoms in total. The average molecular weight is 384 g/mol. The third-order valence-corrected chi connectivity index (χ3v) is 4.31. The molecule has 3 aromatic rings. The summed E-state index contributed by atoms with van der Waals surface area (Å²) in [5.74, 6) is 1.80. The molecule has 1 saturated heterocycles. The first kappa shape index (κ1) is 18.2. The maximum atomic E-state index is 12.0. The number of hydrogen-bond acceptors (Lipinski definition) is 9. The van der Waals surface area contributed by atoms with Gasteiger partial charge in [0, 0.05) is 37.4 Å². The van der Waals surface area contributed by atoms with E-state index in [1.165, 1.54) is 0 Å². The second kappa shape index (κ2) is 8.70. The van der Waals surface area contributed by atoms with E-state index in [4.69, 9.17) is 13.8 Å². The van der Waals surface area contributed by atoms with Gasteiger partial charge in [0.25, 0.3) is 5.89 Å². The van der Waals surface area contributed by atoms with Gasteiger partial charge in [-0.25, -0.2) is 0 Å². The Morgan fingerprint density at radius 2 is 2.21 bits per heavy atom. The fraction of sp³-hybridized carbons (Fsp3) is 0.444. The Morgan fingerprint density at radius 1 is 1.25 bits per heavy atom. The minimum atomic E-state index is -0.122. The lowest BCUT2D eigenvalue weighted by atomic mass is 10.2. The molecule has 1 aliphatic rings. The van der Waals surface area contributed by atoms with E-state index in [2.05, 4.69) is 30.6 Å². The molecule has 3 aromatic heterocycles. The third kappa shape index (κ3) is 4.58. The first-order valence-electron chi connectivity index (χ1n) is 9.22. The van der Waals surface area contributed by atoms with Crippen LogP contribution in [-0.2, 0) is 22.5 Å². The summed E-state index contributed by atoms with van der Waals surface area (Å²) in [6.45, 7) is 0.934. The van der Waals surface area contributed by atoms with Crippen molar-refractivity contribution in [2.75, 3.05) is 6.61 Å². The fourth-order valence-corrected chi connectivity index (χ4v) is 2.88. The van der Waals surface area contributed by atoms with Gasteiger partial charge in [-0.15, -0.1) is 0 Å². The van der Waals surface area contributed by atoms with Crippen LogP contribution in [0.4, 0.5) is 0 Å². The zero-order chi connectivity index (χ0) is 19.2. The standard InChI is InChI=1S/C18H20N6O4/c25-15(20-11-14-21-18(28-23-14)13-5-3-9-26-13)6-1-7-16-22-17(24-27-16)12-4-2-8-19-10-12/h2,4,8,10,13H,1,3,5-7,9,11H2,(H,20,25)/t13-/m1/s1. The summed E-state index contributed by atoms with van der Waals surface area (Å²) in [7, 11) is 0. The number of aryl methyl sites for hydroxylation is 1. The average Bonchev–Trinajstić information content (AvgIpc) is 3.48. The molecule has 146 valence electrons. The van der Waals surface area contributed by atoms with Crippen molar-refractivity contribution in [3.8, 4) is 11.4 Å². The van der Waals surface area contributed by atoms with Gasteiger partial charge >= 0.3 is 0 Å². The van der Waals surface area contributed by atoms with Gasteiger partial charge in [0.05, 0.1) is 6.54 Å². The highest BCUT2D eigenvalue weighted by Gasteiger charge is 2.23. The normalized spacial score (nSPS) is 16.4. The van der Waals surface area contributed by atoms with Gasteiger partial charge < -0.3 is 19.1 Å². The molecule has 1 N–H and O–H groups in total. The summed E-state index contributed by atoms with van der Waals surface area (Å²) >= 11 is 0. The number of hydrogen-bond donors (Lipinski definition) is 1. The molecule has 0 spiro atoms. The molecule has 4 rings (SSSR count). The number of carbonyl (C=O) groups excluding carboxylic acids is 1. The van der Waals surface area contributed by atoms with Crippen LogP contribution in [0, 0.1) is 0 Å². The highest BCUT2D eigenvalue weighted by Crippen LogP contribution is 2.26. The quantitative estimate of drug-likeness (QED) is 0.620. The van der Waals surface area contributed by atoms with Gasteiger partial charge in [-0.05, 0) is 31.4 Å². The van der Waals surface area contributed by atoms with E-state index in [-0.39, 0.29) is 18.6 Å². The molecule has 1 fully saturated rings. The van der Waals surface area contributed by atoms with E-state index in [9.17, 15) is 4.79 Å². The van der Waals surface area contributed by atoms with Crippen LogP contribution in [0.2, 0.25) is 0 Å². The van der Waals surface area contributed by atoms with Crippen molar-refractivity contribution in [1.29, 1.82) is 0 Å². The molecule has 1 atom stereocenters. The lowest BCUT2D eigenvalue weighted by Gasteiger charge is -2.02. The zero-order valence-corrected chi connectivity index (χ0v) is 15.2. The Bertz CT molecular complexity index is 904. The third-order valence-electron chi connectivity index (χ3n) is 4.31. The van der Waals surface area contributed by atoms with Gasteiger partial charge in [-0.1, -0.05) is 10.3 Å². The maximum Gasteiger partial charge on any atom is 0.255 e. The molecule has 0 aromatic carbocycles. The summed E-state index contributed by atoms with van der Waals surface area (Å²) < 4.78 is 15.9. The Labute approximate surface area is 160 Å². The number of nitrogens with zero attached hydrogens (tertiary/aromatic N) is 5. The lowest BCUT2D eigenvalue weighted by Crippen LogP contribution is -2.23. The molecule has 10 heteroatoms. The van der Waals surface area contributed by atoms with Crippen LogP contribution in [0.25, 0.3) is 11.4 Å². The van der Waals surface area contributed by atoms with Crippen LogP contribution in [0.15, 0.2) is 33.6 Å². The Balaban J connectivity index is 1.18. The largest absolute Gasteiger partial charge is 0.368 e. The molecule has 28 heavy (non-hydrogen) atoms. The fourth-order valence-electron chi connectivity index (χ4n) is 2.88. The Morgan fingerprint density at radius 3 is 3.04 bits per heavy atom. The van der Waals surface area contributed by atoms with Crippen molar-refractivity contribution in [2.24, 2.45) is 0 Å². The van der Waals surface area contributed by atoms with E-state index in [0.717, 1.165) is 18.4 Å². The summed E-state index contributed by atoms with van der Waals surface area (Å²) in [6, 6.07) is 3.67. The number of ether oxygens (including phenoxy) is 1. The van der Waals surface area contributed by atoms with Crippen molar-refractivity contribution < 1.29 is 18.6 Å². The number of pyridine rings is 1. The number of rotatable bonds is 8.